The molecule has 0 unspecified atom stereocenters. The topological polar surface area (TPSA) is 96.4 Å². The fraction of sp³-hybridized carbons (Fsp3) is 0.353. The number of benzene rings is 1. The molecule has 0 atom stereocenters. The zero-order valence-corrected chi connectivity index (χ0v) is 13.5. The van der Waals surface area contributed by atoms with Crippen LogP contribution < -0.4 is 15.4 Å². The zero-order chi connectivity index (χ0) is 16.9. The molecule has 1 saturated carbocycles. The van der Waals surface area contributed by atoms with Crippen molar-refractivity contribution >= 4 is 17.7 Å². The van der Waals surface area contributed by atoms with Gasteiger partial charge >= 0.3 is 5.97 Å². The molecule has 1 aliphatic carbocycles. The van der Waals surface area contributed by atoms with Gasteiger partial charge in [-0.1, -0.05) is 18.2 Å². The van der Waals surface area contributed by atoms with E-state index in [2.05, 4.69) is 20.6 Å². The standard InChI is InChI=1S/C17H20N4O3/c1-24-14-5-3-2-4-12(14)9-18-15-8-13(11-6-7-11)20-17(21-15)19-10-16(22)23/h2-5,8,11H,6-7,9-10H2,1H3,(H,22,23)(H2,18,19,20,21). The lowest BCUT2D eigenvalue weighted by molar-refractivity contribution is -0.134. The molecule has 0 saturated heterocycles. The minimum Gasteiger partial charge on any atom is -0.496 e. The molecule has 0 radical (unpaired) electrons. The molecule has 7 heteroatoms. The van der Waals surface area contributed by atoms with Crippen LogP contribution in [0.15, 0.2) is 30.3 Å². The SMILES string of the molecule is COc1ccccc1CNc1cc(C2CC2)nc(NCC(=O)O)n1. The monoisotopic (exact) mass is 328 g/mol. The maximum atomic E-state index is 10.7. The molecule has 0 aliphatic heterocycles. The second-order valence-corrected chi connectivity index (χ2v) is 5.69. The maximum Gasteiger partial charge on any atom is 0.322 e. The number of rotatable bonds is 8. The molecule has 126 valence electrons. The van der Waals surface area contributed by atoms with Gasteiger partial charge in [-0.3, -0.25) is 4.79 Å². The Morgan fingerprint density at radius 2 is 2.08 bits per heavy atom. The minimum atomic E-state index is -0.945. The van der Waals surface area contributed by atoms with Crippen LogP contribution in [-0.2, 0) is 11.3 Å². The summed E-state index contributed by atoms with van der Waals surface area (Å²) in [7, 11) is 1.64. The lowest BCUT2D eigenvalue weighted by Gasteiger charge is -2.12. The second kappa shape index (κ2) is 7.16. The van der Waals surface area contributed by atoms with E-state index in [9.17, 15) is 4.79 Å². The first kappa shape index (κ1) is 16.0. The third-order valence-electron chi connectivity index (χ3n) is 3.79. The Morgan fingerprint density at radius 3 is 2.79 bits per heavy atom. The summed E-state index contributed by atoms with van der Waals surface area (Å²) in [6.45, 7) is 0.351. The quantitative estimate of drug-likeness (QED) is 0.685. The number of carboxylic acid groups (broad SMARTS) is 1. The average Bonchev–Trinajstić information content (AvgIpc) is 3.43. The van der Waals surface area contributed by atoms with Crippen molar-refractivity contribution in [1.29, 1.82) is 0 Å². The van der Waals surface area contributed by atoms with Crippen LogP contribution in [0, 0.1) is 0 Å². The van der Waals surface area contributed by atoms with Gasteiger partial charge in [0.1, 0.15) is 18.1 Å². The van der Waals surface area contributed by atoms with Gasteiger partial charge in [-0.2, -0.15) is 4.98 Å². The van der Waals surface area contributed by atoms with E-state index >= 15 is 0 Å². The van der Waals surface area contributed by atoms with Gasteiger partial charge in [0.2, 0.25) is 5.95 Å². The number of ether oxygens (including phenoxy) is 1. The van der Waals surface area contributed by atoms with E-state index in [1.807, 2.05) is 30.3 Å². The summed E-state index contributed by atoms with van der Waals surface area (Å²) in [4.78, 5) is 19.5. The van der Waals surface area contributed by atoms with Gasteiger partial charge in [-0.25, -0.2) is 4.98 Å². The summed E-state index contributed by atoms with van der Waals surface area (Å²) in [5.74, 6) is 1.32. The highest BCUT2D eigenvalue weighted by Crippen LogP contribution is 2.39. The van der Waals surface area contributed by atoms with Crippen LogP contribution in [-0.4, -0.2) is 34.7 Å². The van der Waals surface area contributed by atoms with E-state index in [1.165, 1.54) is 0 Å². The van der Waals surface area contributed by atoms with Crippen molar-refractivity contribution in [2.75, 3.05) is 24.3 Å². The summed E-state index contributed by atoms with van der Waals surface area (Å²) in [5, 5.41) is 14.8. The molecule has 1 fully saturated rings. The largest absolute Gasteiger partial charge is 0.496 e. The fourth-order valence-corrected chi connectivity index (χ4v) is 2.41. The van der Waals surface area contributed by atoms with Gasteiger partial charge in [0.25, 0.3) is 0 Å². The van der Waals surface area contributed by atoms with E-state index in [0.717, 1.165) is 29.8 Å². The molecular formula is C17H20N4O3. The summed E-state index contributed by atoms with van der Waals surface area (Å²) in [5.41, 5.74) is 1.96. The lowest BCUT2D eigenvalue weighted by atomic mass is 10.2. The number of methoxy groups -OCH3 is 1. The Hall–Kier alpha value is -2.83. The van der Waals surface area contributed by atoms with Crippen molar-refractivity contribution in [3.05, 3.63) is 41.6 Å². The van der Waals surface area contributed by atoms with Gasteiger partial charge in [0.05, 0.1) is 12.8 Å². The van der Waals surface area contributed by atoms with Crippen molar-refractivity contribution in [2.45, 2.75) is 25.3 Å². The Labute approximate surface area is 140 Å². The molecule has 0 bridgehead atoms. The number of carbonyl (C=O) groups is 1. The summed E-state index contributed by atoms with van der Waals surface area (Å²) in [6, 6.07) is 9.70. The number of aromatic nitrogens is 2. The number of hydrogen-bond acceptors (Lipinski definition) is 6. The lowest BCUT2D eigenvalue weighted by Crippen LogP contribution is -2.15. The van der Waals surface area contributed by atoms with Gasteiger partial charge in [0, 0.05) is 24.1 Å². The van der Waals surface area contributed by atoms with Gasteiger partial charge in [0.15, 0.2) is 0 Å². The van der Waals surface area contributed by atoms with E-state index in [1.54, 1.807) is 7.11 Å². The van der Waals surface area contributed by atoms with Crippen LogP contribution in [0.1, 0.15) is 30.0 Å². The number of hydrogen-bond donors (Lipinski definition) is 3. The number of carboxylic acids is 1. The number of anilines is 2. The molecule has 1 aliphatic rings. The summed E-state index contributed by atoms with van der Waals surface area (Å²) in [6.07, 6.45) is 2.22. The molecule has 1 heterocycles. The number of aliphatic carboxylic acids is 1. The first-order valence-electron chi connectivity index (χ1n) is 7.86. The predicted molar refractivity (Wildman–Crippen MR) is 90.5 cm³/mol. The van der Waals surface area contributed by atoms with E-state index in [0.29, 0.717) is 24.2 Å². The minimum absolute atomic E-state index is 0.208. The van der Waals surface area contributed by atoms with E-state index in [-0.39, 0.29) is 6.54 Å². The molecule has 1 aromatic carbocycles. The molecule has 7 nitrogen and oxygen atoms in total. The second-order valence-electron chi connectivity index (χ2n) is 5.69. The molecule has 0 spiro atoms. The van der Waals surface area contributed by atoms with Crippen LogP contribution in [0.2, 0.25) is 0 Å². The van der Waals surface area contributed by atoms with Crippen LogP contribution >= 0.6 is 0 Å². The Balaban J connectivity index is 1.75. The summed E-state index contributed by atoms with van der Waals surface area (Å²) < 4.78 is 5.34. The Kier molecular flexibility index (Phi) is 4.79. The molecule has 1 aromatic heterocycles. The fourth-order valence-electron chi connectivity index (χ4n) is 2.41. The van der Waals surface area contributed by atoms with Crippen molar-refractivity contribution in [3.63, 3.8) is 0 Å². The van der Waals surface area contributed by atoms with E-state index < -0.39 is 5.97 Å². The van der Waals surface area contributed by atoms with E-state index in [4.69, 9.17) is 9.84 Å². The highest BCUT2D eigenvalue weighted by Gasteiger charge is 2.26. The number of nitrogens with zero attached hydrogens (tertiary/aromatic N) is 2. The molecule has 0 amide bonds. The first-order chi connectivity index (χ1) is 11.7. The molecule has 3 N–H and O–H groups in total. The van der Waals surface area contributed by atoms with Gasteiger partial charge in [-0.15, -0.1) is 0 Å². The first-order valence-corrected chi connectivity index (χ1v) is 7.86. The van der Waals surface area contributed by atoms with Gasteiger partial charge < -0.3 is 20.5 Å². The molecular weight excluding hydrogens is 308 g/mol. The third-order valence-corrected chi connectivity index (χ3v) is 3.79. The van der Waals surface area contributed by atoms with Crippen molar-refractivity contribution in [3.8, 4) is 5.75 Å². The maximum absolute atomic E-state index is 10.7. The van der Waals surface area contributed by atoms with Crippen LogP contribution in [0.5, 0.6) is 5.75 Å². The van der Waals surface area contributed by atoms with Crippen LogP contribution in [0.25, 0.3) is 0 Å². The predicted octanol–water partition coefficient (Wildman–Crippen LogP) is 2.47. The highest BCUT2D eigenvalue weighted by molar-refractivity contribution is 5.72. The zero-order valence-electron chi connectivity index (χ0n) is 13.5. The van der Waals surface area contributed by atoms with Gasteiger partial charge in [-0.05, 0) is 18.9 Å². The van der Waals surface area contributed by atoms with Crippen molar-refractivity contribution in [2.24, 2.45) is 0 Å². The molecule has 2 aromatic rings. The Bertz CT molecular complexity index is 732. The van der Waals surface area contributed by atoms with Crippen molar-refractivity contribution < 1.29 is 14.6 Å². The number of nitrogens with one attached hydrogen (secondary N) is 2. The average molecular weight is 328 g/mol. The normalized spacial score (nSPS) is 13.4. The Morgan fingerprint density at radius 1 is 1.29 bits per heavy atom. The van der Waals surface area contributed by atoms with Crippen LogP contribution in [0.3, 0.4) is 0 Å². The molecule has 3 rings (SSSR count). The third kappa shape index (κ3) is 4.13. The van der Waals surface area contributed by atoms with Crippen molar-refractivity contribution in [1.82, 2.24) is 9.97 Å². The van der Waals surface area contributed by atoms with Crippen LogP contribution in [0.4, 0.5) is 11.8 Å². The highest BCUT2D eigenvalue weighted by atomic mass is 16.5. The smallest absolute Gasteiger partial charge is 0.322 e. The summed E-state index contributed by atoms with van der Waals surface area (Å²) >= 11 is 0. The molecule has 24 heavy (non-hydrogen) atoms. The number of para-hydroxylation sites is 1.